The van der Waals surface area contributed by atoms with E-state index in [0.717, 1.165) is 6.42 Å². The molecule has 0 aromatic heterocycles. The summed E-state index contributed by atoms with van der Waals surface area (Å²) in [6.07, 6.45) is 0.0374. The van der Waals surface area contributed by atoms with Crippen molar-refractivity contribution in [3.8, 4) is 0 Å². The van der Waals surface area contributed by atoms with Crippen LogP contribution in [-0.4, -0.2) is 66.8 Å². The van der Waals surface area contributed by atoms with E-state index in [1.165, 1.54) is 11.1 Å². The van der Waals surface area contributed by atoms with Gasteiger partial charge in [-0.2, -0.15) is 0 Å². The summed E-state index contributed by atoms with van der Waals surface area (Å²) in [4.78, 5) is 26.7. The lowest BCUT2D eigenvalue weighted by Crippen LogP contribution is -2.49. The number of carbonyl (C=O) groups excluding carboxylic acids is 2. The van der Waals surface area contributed by atoms with Gasteiger partial charge < -0.3 is 25.4 Å². The van der Waals surface area contributed by atoms with E-state index in [-0.39, 0.29) is 24.4 Å². The lowest BCUT2D eigenvalue weighted by Gasteiger charge is -2.30. The molecule has 2 heterocycles. The summed E-state index contributed by atoms with van der Waals surface area (Å²) in [5.41, 5.74) is 3.49. The van der Waals surface area contributed by atoms with Crippen LogP contribution >= 0.6 is 0 Å². The Kier molecular flexibility index (Phi) is 6.42. The highest BCUT2D eigenvalue weighted by atomic mass is 16.5. The van der Waals surface area contributed by atoms with Gasteiger partial charge in [-0.3, -0.25) is 9.59 Å². The quantitative estimate of drug-likeness (QED) is 0.685. The van der Waals surface area contributed by atoms with E-state index < -0.39 is 6.10 Å². The molecule has 2 aliphatic rings. The van der Waals surface area contributed by atoms with Crippen molar-refractivity contribution < 1.29 is 19.4 Å². The summed E-state index contributed by atoms with van der Waals surface area (Å²) in [5, 5.41) is 16.6. The zero-order valence-electron chi connectivity index (χ0n) is 16.8. The number of hydrogen-bond acceptors (Lipinski definition) is 5. The molecule has 2 amide bonds. The third kappa shape index (κ3) is 4.70. The largest absolute Gasteiger partial charge is 0.390 e. The highest BCUT2D eigenvalue weighted by molar-refractivity contribution is 5.97. The molecule has 30 heavy (non-hydrogen) atoms. The smallest absolute Gasteiger partial charge is 0.254 e. The molecule has 7 nitrogen and oxygen atoms in total. The summed E-state index contributed by atoms with van der Waals surface area (Å²) >= 11 is 0. The zero-order chi connectivity index (χ0) is 20.9. The Hall–Kier alpha value is -2.74. The SMILES string of the molecule is O=C(NC[C@H](O)[C@H]1Cc2ccccc2CN1)c1ccc(C(=O)N2CCOCC2)cc1. The van der Waals surface area contributed by atoms with Crippen LogP contribution in [0, 0.1) is 0 Å². The molecular formula is C23H27N3O4. The molecule has 2 aliphatic heterocycles. The van der Waals surface area contributed by atoms with Crippen molar-refractivity contribution in [2.24, 2.45) is 0 Å². The van der Waals surface area contributed by atoms with Crippen LogP contribution in [0.1, 0.15) is 31.8 Å². The van der Waals surface area contributed by atoms with Crippen LogP contribution in [-0.2, 0) is 17.7 Å². The van der Waals surface area contributed by atoms with Crippen LogP contribution in [0.2, 0.25) is 0 Å². The number of ether oxygens (including phenoxy) is 1. The monoisotopic (exact) mass is 409 g/mol. The maximum Gasteiger partial charge on any atom is 0.254 e. The highest BCUT2D eigenvalue weighted by Crippen LogP contribution is 2.18. The fourth-order valence-corrected chi connectivity index (χ4v) is 3.91. The lowest BCUT2D eigenvalue weighted by molar-refractivity contribution is 0.0303. The van der Waals surface area contributed by atoms with E-state index in [4.69, 9.17) is 4.74 Å². The van der Waals surface area contributed by atoms with Gasteiger partial charge in [0.1, 0.15) is 0 Å². The predicted molar refractivity (Wildman–Crippen MR) is 112 cm³/mol. The molecule has 2 aromatic carbocycles. The standard InChI is InChI=1S/C23H27N3O4/c27-21(20-13-18-3-1-2-4-19(18)14-24-20)15-25-22(28)16-5-7-17(8-6-16)23(29)26-9-11-30-12-10-26/h1-8,20-21,24,27H,9-15H2,(H,25,28)/t20-,21+/m1/s1. The molecule has 2 aromatic rings. The third-order valence-electron chi connectivity index (χ3n) is 5.74. The second-order valence-corrected chi connectivity index (χ2v) is 7.72. The molecule has 2 atom stereocenters. The molecule has 0 bridgehead atoms. The molecular weight excluding hydrogens is 382 g/mol. The molecule has 0 spiro atoms. The number of benzene rings is 2. The van der Waals surface area contributed by atoms with Gasteiger partial charge in [0.2, 0.25) is 0 Å². The lowest BCUT2D eigenvalue weighted by atomic mass is 9.93. The van der Waals surface area contributed by atoms with E-state index in [1.807, 2.05) is 12.1 Å². The minimum Gasteiger partial charge on any atom is -0.390 e. The first-order chi connectivity index (χ1) is 14.6. The number of amides is 2. The van der Waals surface area contributed by atoms with Crippen LogP contribution in [0.4, 0.5) is 0 Å². The third-order valence-corrected chi connectivity index (χ3v) is 5.74. The molecule has 158 valence electrons. The van der Waals surface area contributed by atoms with Crippen LogP contribution < -0.4 is 10.6 Å². The van der Waals surface area contributed by atoms with E-state index >= 15 is 0 Å². The van der Waals surface area contributed by atoms with Gasteiger partial charge in [0, 0.05) is 43.3 Å². The van der Waals surface area contributed by atoms with Crippen LogP contribution in [0.15, 0.2) is 48.5 Å². The van der Waals surface area contributed by atoms with Gasteiger partial charge in [0.15, 0.2) is 0 Å². The van der Waals surface area contributed by atoms with Gasteiger partial charge >= 0.3 is 0 Å². The van der Waals surface area contributed by atoms with Gasteiger partial charge in [-0.1, -0.05) is 24.3 Å². The minimum absolute atomic E-state index is 0.0515. The summed E-state index contributed by atoms with van der Waals surface area (Å²) in [5.74, 6) is -0.319. The Bertz CT molecular complexity index is 894. The summed E-state index contributed by atoms with van der Waals surface area (Å²) in [6, 6.07) is 14.7. The number of nitrogens with zero attached hydrogens (tertiary/aromatic N) is 1. The number of carbonyl (C=O) groups is 2. The van der Waals surface area contributed by atoms with Gasteiger partial charge in [-0.15, -0.1) is 0 Å². The van der Waals surface area contributed by atoms with E-state index in [0.29, 0.717) is 44.0 Å². The molecule has 0 unspecified atom stereocenters. The second-order valence-electron chi connectivity index (χ2n) is 7.72. The first kappa shape index (κ1) is 20.5. The normalized spacial score (nSPS) is 19.6. The van der Waals surface area contributed by atoms with Crippen molar-refractivity contribution in [1.82, 2.24) is 15.5 Å². The Morgan fingerprint density at radius 2 is 1.73 bits per heavy atom. The van der Waals surface area contributed by atoms with E-state index in [2.05, 4.69) is 22.8 Å². The Morgan fingerprint density at radius 1 is 1.07 bits per heavy atom. The van der Waals surface area contributed by atoms with Crippen LogP contribution in [0.5, 0.6) is 0 Å². The highest BCUT2D eigenvalue weighted by Gasteiger charge is 2.25. The maximum absolute atomic E-state index is 12.5. The number of hydrogen-bond donors (Lipinski definition) is 3. The average Bonchev–Trinajstić information content (AvgIpc) is 2.82. The van der Waals surface area contributed by atoms with Crippen LogP contribution in [0.25, 0.3) is 0 Å². The van der Waals surface area contributed by atoms with Crippen molar-refractivity contribution in [3.05, 3.63) is 70.8 Å². The van der Waals surface area contributed by atoms with Gasteiger partial charge in [0.05, 0.1) is 19.3 Å². The number of rotatable bonds is 5. The number of fused-ring (bicyclic) bond motifs is 1. The zero-order valence-corrected chi connectivity index (χ0v) is 16.8. The predicted octanol–water partition coefficient (Wildman–Crippen LogP) is 0.964. The van der Waals surface area contributed by atoms with Gasteiger partial charge in [-0.05, 0) is 41.8 Å². The Balaban J connectivity index is 1.29. The Morgan fingerprint density at radius 3 is 2.47 bits per heavy atom. The molecule has 0 aliphatic carbocycles. The molecule has 4 rings (SSSR count). The average molecular weight is 409 g/mol. The van der Waals surface area contributed by atoms with Crippen molar-refractivity contribution in [2.75, 3.05) is 32.8 Å². The minimum atomic E-state index is -0.690. The Labute approximate surface area is 176 Å². The summed E-state index contributed by atoms with van der Waals surface area (Å²) in [7, 11) is 0. The second kappa shape index (κ2) is 9.38. The van der Waals surface area contributed by atoms with Crippen LogP contribution in [0.3, 0.4) is 0 Å². The van der Waals surface area contributed by atoms with Gasteiger partial charge in [-0.25, -0.2) is 0 Å². The van der Waals surface area contributed by atoms with Crippen molar-refractivity contribution >= 4 is 11.8 Å². The summed E-state index contributed by atoms with van der Waals surface area (Å²) < 4.78 is 5.27. The van der Waals surface area contributed by atoms with E-state index in [1.54, 1.807) is 29.2 Å². The molecule has 0 saturated carbocycles. The van der Waals surface area contributed by atoms with Gasteiger partial charge in [0.25, 0.3) is 11.8 Å². The summed E-state index contributed by atoms with van der Waals surface area (Å²) in [6.45, 7) is 3.14. The molecule has 7 heteroatoms. The number of morpholine rings is 1. The van der Waals surface area contributed by atoms with E-state index in [9.17, 15) is 14.7 Å². The maximum atomic E-state index is 12.5. The number of aliphatic hydroxyl groups is 1. The van der Waals surface area contributed by atoms with Crippen molar-refractivity contribution in [3.63, 3.8) is 0 Å². The fraction of sp³-hybridized carbons (Fsp3) is 0.391. The number of nitrogens with one attached hydrogen (secondary N) is 2. The van der Waals surface area contributed by atoms with Crippen molar-refractivity contribution in [1.29, 1.82) is 0 Å². The fourth-order valence-electron chi connectivity index (χ4n) is 3.91. The molecule has 3 N–H and O–H groups in total. The topological polar surface area (TPSA) is 90.9 Å². The van der Waals surface area contributed by atoms with Crippen molar-refractivity contribution in [2.45, 2.75) is 25.1 Å². The first-order valence-electron chi connectivity index (χ1n) is 10.4. The number of aliphatic hydroxyl groups excluding tert-OH is 1. The first-order valence-corrected chi connectivity index (χ1v) is 10.4. The molecule has 1 fully saturated rings. The molecule has 1 saturated heterocycles. The molecule has 0 radical (unpaired) electrons.